The van der Waals surface area contributed by atoms with Gasteiger partial charge in [-0.1, -0.05) is 11.6 Å². The highest BCUT2D eigenvalue weighted by Crippen LogP contribution is 2.22. The number of rotatable bonds is 2. The standard InChI is InChI=1S/C6H4BClN2O3/c8-6-4(3-9)5(1-2-10-6)13-7(11)12/h1-2,11-12H. The Morgan fingerprint density at radius 3 is 2.85 bits per heavy atom. The minimum atomic E-state index is -1.98. The molecule has 1 rings (SSSR count). The average molecular weight is 198 g/mol. The fourth-order valence-corrected chi connectivity index (χ4v) is 0.925. The molecule has 0 unspecified atom stereocenters. The Labute approximate surface area is 79.3 Å². The number of hydrogen-bond donors (Lipinski definition) is 2. The first-order valence-electron chi connectivity index (χ1n) is 3.22. The molecule has 0 saturated carbocycles. The van der Waals surface area contributed by atoms with Gasteiger partial charge in [-0.3, -0.25) is 0 Å². The summed E-state index contributed by atoms with van der Waals surface area (Å²) in [6.07, 6.45) is 1.29. The Balaban J connectivity index is 3.07. The molecule has 2 N–H and O–H groups in total. The topological polar surface area (TPSA) is 86.4 Å². The summed E-state index contributed by atoms with van der Waals surface area (Å²) >= 11 is 5.54. The zero-order chi connectivity index (χ0) is 9.84. The summed E-state index contributed by atoms with van der Waals surface area (Å²) in [6, 6.07) is 3.04. The lowest BCUT2D eigenvalue weighted by atomic mass is 10.2. The van der Waals surface area contributed by atoms with E-state index >= 15 is 0 Å². The molecule has 0 aliphatic carbocycles. The quantitative estimate of drug-likeness (QED) is 0.514. The summed E-state index contributed by atoms with van der Waals surface area (Å²) in [5.74, 6) is -0.0162. The molecule has 0 radical (unpaired) electrons. The summed E-state index contributed by atoms with van der Waals surface area (Å²) in [7, 11) is -1.98. The molecule has 5 nitrogen and oxygen atoms in total. The fourth-order valence-electron chi connectivity index (χ4n) is 0.733. The molecule has 0 aliphatic rings. The first-order chi connectivity index (χ1) is 6.15. The molecule has 0 fully saturated rings. The molecular weight excluding hydrogens is 194 g/mol. The van der Waals surface area contributed by atoms with E-state index in [2.05, 4.69) is 9.64 Å². The van der Waals surface area contributed by atoms with Gasteiger partial charge in [0.25, 0.3) is 0 Å². The predicted molar refractivity (Wildman–Crippen MR) is 44.8 cm³/mol. The Morgan fingerprint density at radius 2 is 2.31 bits per heavy atom. The van der Waals surface area contributed by atoms with Crippen molar-refractivity contribution in [2.24, 2.45) is 0 Å². The van der Waals surface area contributed by atoms with Gasteiger partial charge in [-0.25, -0.2) is 4.98 Å². The van der Waals surface area contributed by atoms with Crippen LogP contribution in [0.1, 0.15) is 5.56 Å². The van der Waals surface area contributed by atoms with E-state index in [9.17, 15) is 0 Å². The van der Waals surface area contributed by atoms with Crippen LogP contribution in [0.25, 0.3) is 0 Å². The van der Waals surface area contributed by atoms with E-state index in [1.807, 2.05) is 0 Å². The molecule has 66 valence electrons. The minimum absolute atomic E-state index is 0.0162. The van der Waals surface area contributed by atoms with Crippen LogP contribution >= 0.6 is 11.6 Å². The summed E-state index contributed by atoms with van der Waals surface area (Å²) in [6.45, 7) is 0. The first kappa shape index (κ1) is 9.80. The number of hydrogen-bond acceptors (Lipinski definition) is 5. The van der Waals surface area contributed by atoms with Gasteiger partial charge in [0.2, 0.25) is 0 Å². The molecule has 0 saturated heterocycles. The van der Waals surface area contributed by atoms with E-state index in [4.69, 9.17) is 26.9 Å². The van der Waals surface area contributed by atoms with Crippen molar-refractivity contribution < 1.29 is 14.7 Å². The first-order valence-corrected chi connectivity index (χ1v) is 3.60. The van der Waals surface area contributed by atoms with Crippen molar-refractivity contribution in [3.8, 4) is 11.8 Å². The predicted octanol–water partition coefficient (Wildman–Crippen LogP) is -0.0450. The molecule has 1 aromatic heterocycles. The van der Waals surface area contributed by atoms with E-state index in [0.717, 1.165) is 0 Å². The molecule has 1 heterocycles. The Bertz CT molecular complexity index is 352. The van der Waals surface area contributed by atoms with Crippen LogP contribution in [-0.2, 0) is 0 Å². The highest BCUT2D eigenvalue weighted by molar-refractivity contribution is 6.34. The van der Waals surface area contributed by atoms with E-state index in [1.54, 1.807) is 6.07 Å². The molecule has 0 atom stereocenters. The van der Waals surface area contributed by atoms with Gasteiger partial charge in [-0.2, -0.15) is 5.26 Å². The Hall–Kier alpha value is -1.29. The monoisotopic (exact) mass is 198 g/mol. The molecule has 0 bridgehead atoms. The number of pyridine rings is 1. The average Bonchev–Trinajstić information content (AvgIpc) is 2.03. The maximum Gasteiger partial charge on any atom is 0.707 e. The van der Waals surface area contributed by atoms with Crippen molar-refractivity contribution in [3.63, 3.8) is 0 Å². The molecule has 0 aromatic carbocycles. The van der Waals surface area contributed by atoms with Crippen LogP contribution in [0, 0.1) is 11.3 Å². The largest absolute Gasteiger partial charge is 0.707 e. The van der Waals surface area contributed by atoms with Crippen LogP contribution in [0.15, 0.2) is 12.3 Å². The molecule has 7 heteroatoms. The van der Waals surface area contributed by atoms with E-state index in [1.165, 1.54) is 12.3 Å². The molecule has 0 amide bonds. The van der Waals surface area contributed by atoms with Gasteiger partial charge in [0.1, 0.15) is 22.5 Å². The highest BCUT2D eigenvalue weighted by Gasteiger charge is 2.16. The van der Waals surface area contributed by atoms with E-state index < -0.39 is 7.32 Å². The van der Waals surface area contributed by atoms with Crippen LogP contribution in [0.3, 0.4) is 0 Å². The van der Waals surface area contributed by atoms with Crippen LogP contribution in [0.4, 0.5) is 0 Å². The van der Waals surface area contributed by atoms with Crippen molar-refractivity contribution in [3.05, 3.63) is 23.0 Å². The lowest BCUT2D eigenvalue weighted by Gasteiger charge is -2.05. The smallest absolute Gasteiger partial charge is 0.511 e. The molecule has 0 spiro atoms. The van der Waals surface area contributed by atoms with Crippen LogP contribution in [0.2, 0.25) is 5.15 Å². The minimum Gasteiger partial charge on any atom is -0.511 e. The fraction of sp³-hybridized carbons (Fsp3) is 0. The molecule has 0 aliphatic heterocycles. The second kappa shape index (κ2) is 4.09. The van der Waals surface area contributed by atoms with Crippen molar-refractivity contribution in [1.82, 2.24) is 4.98 Å². The van der Waals surface area contributed by atoms with Crippen LogP contribution in [-0.4, -0.2) is 22.4 Å². The highest BCUT2D eigenvalue weighted by atomic mass is 35.5. The third kappa shape index (κ3) is 2.32. The maximum absolute atomic E-state index is 8.59. The number of aromatic nitrogens is 1. The SMILES string of the molecule is N#Cc1c(OB(O)O)ccnc1Cl. The second-order valence-corrected chi connectivity index (χ2v) is 2.39. The van der Waals surface area contributed by atoms with Crippen LogP contribution < -0.4 is 4.65 Å². The zero-order valence-electron chi connectivity index (χ0n) is 6.31. The summed E-state index contributed by atoms with van der Waals surface area (Å²) < 4.78 is 4.48. The number of halogens is 1. The van der Waals surface area contributed by atoms with Gasteiger partial charge < -0.3 is 14.7 Å². The lowest BCUT2D eigenvalue weighted by molar-refractivity contribution is 0.287. The molecule has 1 aromatic rings. The van der Waals surface area contributed by atoms with Gasteiger partial charge in [-0.15, -0.1) is 0 Å². The van der Waals surface area contributed by atoms with E-state index in [0.29, 0.717) is 0 Å². The normalized spacial score (nSPS) is 9.08. The van der Waals surface area contributed by atoms with Crippen molar-refractivity contribution in [2.75, 3.05) is 0 Å². The van der Waals surface area contributed by atoms with Crippen molar-refractivity contribution >= 4 is 18.9 Å². The number of nitrogens with zero attached hydrogens (tertiary/aromatic N) is 2. The molecule has 13 heavy (non-hydrogen) atoms. The Kier molecular flexibility index (Phi) is 3.09. The summed E-state index contributed by atoms with van der Waals surface area (Å²) in [5, 5.41) is 25.5. The van der Waals surface area contributed by atoms with Crippen LogP contribution in [0.5, 0.6) is 5.75 Å². The van der Waals surface area contributed by atoms with Gasteiger partial charge in [-0.05, 0) is 6.07 Å². The Morgan fingerprint density at radius 1 is 1.62 bits per heavy atom. The van der Waals surface area contributed by atoms with Crippen molar-refractivity contribution in [1.29, 1.82) is 5.26 Å². The number of nitriles is 1. The molecular formula is C6H4BClN2O3. The van der Waals surface area contributed by atoms with E-state index in [-0.39, 0.29) is 16.5 Å². The second-order valence-electron chi connectivity index (χ2n) is 2.03. The van der Waals surface area contributed by atoms with Gasteiger partial charge in [0.05, 0.1) is 0 Å². The van der Waals surface area contributed by atoms with Crippen molar-refractivity contribution in [2.45, 2.75) is 0 Å². The summed E-state index contributed by atoms with van der Waals surface area (Å²) in [5.41, 5.74) is -0.0303. The van der Waals surface area contributed by atoms with Gasteiger partial charge >= 0.3 is 7.32 Å². The maximum atomic E-state index is 8.59. The third-order valence-corrected chi connectivity index (χ3v) is 1.50. The third-order valence-electron chi connectivity index (χ3n) is 1.21. The lowest BCUT2D eigenvalue weighted by Crippen LogP contribution is -2.21. The zero-order valence-corrected chi connectivity index (χ0v) is 7.06. The summed E-state index contributed by atoms with van der Waals surface area (Å²) in [4.78, 5) is 3.62. The van der Waals surface area contributed by atoms with Gasteiger partial charge in [0.15, 0.2) is 0 Å². The van der Waals surface area contributed by atoms with Gasteiger partial charge in [0, 0.05) is 6.20 Å².